The summed E-state index contributed by atoms with van der Waals surface area (Å²) in [7, 11) is 0. The van der Waals surface area contributed by atoms with Crippen molar-refractivity contribution >= 4 is 23.3 Å². The molecule has 0 aromatic heterocycles. The van der Waals surface area contributed by atoms with Crippen LogP contribution in [0.2, 0.25) is 0 Å². The summed E-state index contributed by atoms with van der Waals surface area (Å²) in [5.41, 5.74) is 1.77. The third kappa shape index (κ3) is 6.45. The Kier molecular flexibility index (Phi) is 8.26. The average Bonchev–Trinajstić information content (AvgIpc) is 2.83. The van der Waals surface area contributed by atoms with Gasteiger partial charge in [-0.3, -0.25) is 9.69 Å². The predicted molar refractivity (Wildman–Crippen MR) is 141 cm³/mol. The molecule has 36 heavy (non-hydrogen) atoms. The number of carboxylic acid groups (broad SMARTS) is 1. The summed E-state index contributed by atoms with van der Waals surface area (Å²) in [6, 6.07) is 19.7. The van der Waals surface area contributed by atoms with Gasteiger partial charge in [0.25, 0.3) is 0 Å². The molecule has 3 aromatic carbocycles. The summed E-state index contributed by atoms with van der Waals surface area (Å²) in [6.07, 6.45) is 8.88. The highest BCUT2D eigenvalue weighted by atomic mass is 16.5. The molecule has 6 heteroatoms. The minimum absolute atomic E-state index is 0.0761. The number of hydrogen-bond acceptors (Lipinski definition) is 4. The van der Waals surface area contributed by atoms with Gasteiger partial charge in [-0.05, 0) is 93.3 Å². The van der Waals surface area contributed by atoms with E-state index in [1.165, 1.54) is 43.9 Å². The topological polar surface area (TPSA) is 76.1 Å². The van der Waals surface area contributed by atoms with Crippen LogP contribution in [0.15, 0.2) is 66.7 Å². The number of anilines is 2. The number of aryl methyl sites for hydroxylation is 1. The van der Waals surface area contributed by atoms with Gasteiger partial charge >= 0.3 is 5.97 Å². The van der Waals surface area contributed by atoms with Gasteiger partial charge in [0, 0.05) is 12.6 Å². The molecule has 4 rings (SSSR count). The van der Waals surface area contributed by atoms with E-state index in [9.17, 15) is 14.7 Å². The molecule has 6 nitrogen and oxygen atoms in total. The van der Waals surface area contributed by atoms with Crippen molar-refractivity contribution in [2.24, 2.45) is 0 Å². The molecule has 0 bridgehead atoms. The molecular weight excluding hydrogens is 454 g/mol. The fourth-order valence-corrected chi connectivity index (χ4v) is 4.62. The molecule has 0 radical (unpaired) electrons. The van der Waals surface area contributed by atoms with E-state index in [4.69, 9.17) is 9.47 Å². The van der Waals surface area contributed by atoms with Gasteiger partial charge in [-0.25, -0.2) is 4.79 Å². The molecule has 188 valence electrons. The van der Waals surface area contributed by atoms with Gasteiger partial charge in [0.1, 0.15) is 17.2 Å². The van der Waals surface area contributed by atoms with Crippen molar-refractivity contribution in [1.29, 1.82) is 0 Å². The third-order valence-electron chi connectivity index (χ3n) is 6.45. The van der Waals surface area contributed by atoms with E-state index in [1.807, 2.05) is 31.2 Å². The Balaban J connectivity index is 1.44. The quantitative estimate of drug-likeness (QED) is 0.370. The Morgan fingerprint density at radius 2 is 1.36 bits per heavy atom. The number of carbonyl (C=O) groups excluding carboxylic acids is 1. The molecule has 0 spiro atoms. The molecule has 1 saturated carbocycles. The molecule has 1 N–H and O–H groups in total. The summed E-state index contributed by atoms with van der Waals surface area (Å²) in [5, 5.41) is 9.64. The lowest BCUT2D eigenvalue weighted by Gasteiger charge is -2.23. The first-order valence-electron chi connectivity index (χ1n) is 12.6. The highest BCUT2D eigenvalue weighted by Gasteiger charge is 2.21. The van der Waals surface area contributed by atoms with Crippen LogP contribution in [-0.4, -0.2) is 23.1 Å². The van der Waals surface area contributed by atoms with Crippen LogP contribution in [0.5, 0.6) is 17.2 Å². The minimum Gasteiger partial charge on any atom is -0.490 e. The number of benzene rings is 3. The van der Waals surface area contributed by atoms with Crippen LogP contribution in [0.3, 0.4) is 0 Å². The average molecular weight is 488 g/mol. The van der Waals surface area contributed by atoms with Crippen molar-refractivity contribution in [2.45, 2.75) is 64.9 Å². The summed E-state index contributed by atoms with van der Waals surface area (Å²) < 4.78 is 12.2. The molecule has 0 saturated heterocycles. The van der Waals surface area contributed by atoms with Crippen LogP contribution in [-0.2, 0) is 4.79 Å². The lowest BCUT2D eigenvalue weighted by molar-refractivity contribution is -0.115. The maximum Gasteiger partial charge on any atom is 0.337 e. The Morgan fingerprint density at radius 3 is 1.94 bits per heavy atom. The Morgan fingerprint density at radius 1 is 0.806 bits per heavy atom. The van der Waals surface area contributed by atoms with Gasteiger partial charge in [0.2, 0.25) is 5.91 Å². The number of rotatable bonds is 7. The lowest BCUT2D eigenvalue weighted by atomic mass is 9.98. The number of amides is 1. The van der Waals surface area contributed by atoms with Crippen LogP contribution in [0, 0.1) is 6.92 Å². The molecule has 1 aliphatic carbocycles. The Hall–Kier alpha value is -3.80. The van der Waals surface area contributed by atoms with Crippen LogP contribution in [0.4, 0.5) is 11.4 Å². The number of nitrogens with zero attached hydrogens (tertiary/aromatic N) is 1. The van der Waals surface area contributed by atoms with Crippen molar-refractivity contribution in [2.75, 3.05) is 4.90 Å². The van der Waals surface area contributed by atoms with Crippen LogP contribution in [0.25, 0.3) is 0 Å². The number of carboxylic acids is 1. The normalized spacial score (nSPS) is 14.4. The Bertz CT molecular complexity index is 1180. The SMILES string of the molecule is CC(=O)N(c1ccc(Oc2ccc(OC3CCCCCCC3)cc2)cc1)c1ccc(C)cc1C(=O)O. The largest absolute Gasteiger partial charge is 0.490 e. The van der Waals surface area contributed by atoms with Gasteiger partial charge in [-0.2, -0.15) is 0 Å². The van der Waals surface area contributed by atoms with Crippen LogP contribution < -0.4 is 14.4 Å². The zero-order chi connectivity index (χ0) is 25.5. The first kappa shape index (κ1) is 25.3. The standard InChI is InChI=1S/C30H33NO5/c1-21-10-19-29(28(20-21)30(33)34)31(22(2)32)23-11-13-25(14-12-23)36-27-17-15-26(16-18-27)35-24-8-6-4-3-5-7-9-24/h10-20,24H,3-9H2,1-2H3,(H,33,34). The van der Waals surface area contributed by atoms with E-state index >= 15 is 0 Å². The second-order valence-corrected chi connectivity index (χ2v) is 9.33. The van der Waals surface area contributed by atoms with E-state index in [-0.39, 0.29) is 17.6 Å². The molecule has 3 aromatic rings. The number of ether oxygens (including phenoxy) is 2. The summed E-state index contributed by atoms with van der Waals surface area (Å²) in [4.78, 5) is 25.7. The summed E-state index contributed by atoms with van der Waals surface area (Å²) >= 11 is 0. The summed E-state index contributed by atoms with van der Waals surface area (Å²) in [5.74, 6) is 0.783. The van der Waals surface area contributed by atoms with Crippen molar-refractivity contribution in [3.63, 3.8) is 0 Å². The molecule has 1 fully saturated rings. The lowest BCUT2D eigenvalue weighted by Crippen LogP contribution is -2.24. The molecule has 0 heterocycles. The van der Waals surface area contributed by atoms with Crippen molar-refractivity contribution in [1.82, 2.24) is 0 Å². The number of carbonyl (C=O) groups is 2. The minimum atomic E-state index is -1.08. The molecule has 0 atom stereocenters. The van der Waals surface area contributed by atoms with E-state index in [2.05, 4.69) is 0 Å². The van der Waals surface area contributed by atoms with Gasteiger partial charge < -0.3 is 14.6 Å². The van der Waals surface area contributed by atoms with Gasteiger partial charge in [-0.1, -0.05) is 30.9 Å². The smallest absolute Gasteiger partial charge is 0.337 e. The predicted octanol–water partition coefficient (Wildman–Crippen LogP) is 7.66. The second-order valence-electron chi connectivity index (χ2n) is 9.33. The highest BCUT2D eigenvalue weighted by molar-refractivity contribution is 6.05. The maximum absolute atomic E-state index is 12.5. The zero-order valence-corrected chi connectivity index (χ0v) is 20.9. The van der Waals surface area contributed by atoms with E-state index in [0.29, 0.717) is 22.9 Å². The van der Waals surface area contributed by atoms with Crippen molar-refractivity contribution in [3.8, 4) is 17.2 Å². The van der Waals surface area contributed by atoms with Crippen LogP contribution >= 0.6 is 0 Å². The maximum atomic E-state index is 12.5. The first-order chi connectivity index (χ1) is 17.4. The summed E-state index contributed by atoms with van der Waals surface area (Å²) in [6.45, 7) is 3.23. The molecule has 0 unspecified atom stereocenters. The molecule has 1 amide bonds. The van der Waals surface area contributed by atoms with E-state index in [0.717, 1.165) is 24.2 Å². The van der Waals surface area contributed by atoms with E-state index in [1.54, 1.807) is 42.5 Å². The number of hydrogen-bond donors (Lipinski definition) is 1. The number of aromatic carboxylic acids is 1. The van der Waals surface area contributed by atoms with Gasteiger partial charge in [-0.15, -0.1) is 0 Å². The van der Waals surface area contributed by atoms with Crippen molar-refractivity contribution in [3.05, 3.63) is 77.9 Å². The molecule has 1 aliphatic rings. The van der Waals surface area contributed by atoms with Gasteiger partial charge in [0.05, 0.1) is 17.4 Å². The second kappa shape index (κ2) is 11.8. The zero-order valence-electron chi connectivity index (χ0n) is 20.9. The third-order valence-corrected chi connectivity index (χ3v) is 6.45. The Labute approximate surface area is 212 Å². The molecule has 0 aliphatic heterocycles. The molecular formula is C30H33NO5. The first-order valence-corrected chi connectivity index (χ1v) is 12.6. The van der Waals surface area contributed by atoms with Crippen LogP contribution in [0.1, 0.15) is 67.8 Å². The van der Waals surface area contributed by atoms with Gasteiger partial charge in [0.15, 0.2) is 0 Å². The monoisotopic (exact) mass is 487 g/mol. The fourth-order valence-electron chi connectivity index (χ4n) is 4.62. The highest BCUT2D eigenvalue weighted by Crippen LogP contribution is 2.32. The van der Waals surface area contributed by atoms with E-state index < -0.39 is 5.97 Å². The fraction of sp³-hybridized carbons (Fsp3) is 0.333. The van der Waals surface area contributed by atoms with Crippen molar-refractivity contribution < 1.29 is 24.2 Å².